The molecule has 1 fully saturated rings. The van der Waals surface area contributed by atoms with E-state index in [0.717, 1.165) is 48.6 Å². The molecule has 19 heavy (non-hydrogen) atoms. The van der Waals surface area contributed by atoms with Crippen LogP contribution in [0, 0.1) is 0 Å². The number of benzene rings is 1. The summed E-state index contributed by atoms with van der Waals surface area (Å²) in [5.74, 6) is 0.931. The third-order valence-electron chi connectivity index (χ3n) is 3.59. The molecule has 0 heterocycles. The zero-order valence-electron chi connectivity index (χ0n) is 11.6. The molecule has 2 rings (SSSR count). The van der Waals surface area contributed by atoms with Crippen LogP contribution in [0.15, 0.2) is 18.2 Å². The minimum absolute atomic E-state index is 0.246. The predicted molar refractivity (Wildman–Crippen MR) is 77.9 cm³/mol. The SMILES string of the molecule is CNCc1cc(Cl)ccc1OC1CCCC(OC)C1. The van der Waals surface area contributed by atoms with Gasteiger partial charge in [0, 0.05) is 30.7 Å². The Kier molecular flexibility index (Phi) is 5.49. The maximum Gasteiger partial charge on any atom is 0.124 e. The van der Waals surface area contributed by atoms with E-state index in [9.17, 15) is 0 Å². The quantitative estimate of drug-likeness (QED) is 0.898. The molecule has 1 aliphatic rings. The Bertz CT molecular complexity index is 411. The van der Waals surface area contributed by atoms with Crippen molar-refractivity contribution >= 4 is 11.6 Å². The van der Waals surface area contributed by atoms with E-state index in [0.29, 0.717) is 6.10 Å². The van der Waals surface area contributed by atoms with Crippen molar-refractivity contribution in [2.45, 2.75) is 44.4 Å². The van der Waals surface area contributed by atoms with Crippen LogP contribution in [0.3, 0.4) is 0 Å². The summed E-state index contributed by atoms with van der Waals surface area (Å²) < 4.78 is 11.6. The predicted octanol–water partition coefficient (Wildman–Crippen LogP) is 3.40. The van der Waals surface area contributed by atoms with Crippen LogP contribution in [-0.4, -0.2) is 26.4 Å². The van der Waals surface area contributed by atoms with E-state index in [2.05, 4.69) is 5.32 Å². The molecule has 1 aliphatic carbocycles. The largest absolute Gasteiger partial charge is 0.490 e. The van der Waals surface area contributed by atoms with Gasteiger partial charge in [0.1, 0.15) is 11.9 Å². The van der Waals surface area contributed by atoms with Crippen molar-refractivity contribution in [3.63, 3.8) is 0 Å². The fourth-order valence-corrected chi connectivity index (χ4v) is 2.79. The number of hydrogen-bond donors (Lipinski definition) is 1. The zero-order chi connectivity index (χ0) is 13.7. The van der Waals surface area contributed by atoms with Gasteiger partial charge in [-0.3, -0.25) is 0 Å². The number of methoxy groups -OCH3 is 1. The van der Waals surface area contributed by atoms with Crippen LogP contribution in [0.2, 0.25) is 5.02 Å². The van der Waals surface area contributed by atoms with E-state index in [1.165, 1.54) is 0 Å². The normalized spacial score (nSPS) is 23.3. The van der Waals surface area contributed by atoms with Gasteiger partial charge in [0.05, 0.1) is 6.10 Å². The Morgan fingerprint density at radius 3 is 2.84 bits per heavy atom. The van der Waals surface area contributed by atoms with Crippen LogP contribution in [-0.2, 0) is 11.3 Å². The van der Waals surface area contributed by atoms with Gasteiger partial charge in [-0.05, 0) is 44.5 Å². The third kappa shape index (κ3) is 4.10. The van der Waals surface area contributed by atoms with Crippen molar-refractivity contribution in [2.75, 3.05) is 14.2 Å². The second-order valence-corrected chi connectivity index (χ2v) is 5.48. The van der Waals surface area contributed by atoms with Gasteiger partial charge in [-0.15, -0.1) is 0 Å². The van der Waals surface area contributed by atoms with E-state index in [1.54, 1.807) is 7.11 Å². The van der Waals surface area contributed by atoms with Gasteiger partial charge in [0.15, 0.2) is 0 Å². The molecule has 0 bridgehead atoms. The highest BCUT2D eigenvalue weighted by Crippen LogP contribution is 2.29. The minimum atomic E-state index is 0.246. The van der Waals surface area contributed by atoms with Crippen molar-refractivity contribution in [3.05, 3.63) is 28.8 Å². The van der Waals surface area contributed by atoms with Gasteiger partial charge in [-0.1, -0.05) is 11.6 Å². The Morgan fingerprint density at radius 1 is 1.32 bits per heavy atom. The van der Waals surface area contributed by atoms with Gasteiger partial charge in [0.25, 0.3) is 0 Å². The van der Waals surface area contributed by atoms with Crippen molar-refractivity contribution < 1.29 is 9.47 Å². The lowest BCUT2D eigenvalue weighted by molar-refractivity contribution is 0.0206. The summed E-state index contributed by atoms with van der Waals surface area (Å²) in [4.78, 5) is 0. The smallest absolute Gasteiger partial charge is 0.124 e. The lowest BCUT2D eigenvalue weighted by atomic mass is 9.95. The highest BCUT2D eigenvalue weighted by molar-refractivity contribution is 6.30. The summed E-state index contributed by atoms with van der Waals surface area (Å²) in [6.45, 7) is 0.760. The Balaban J connectivity index is 2.05. The topological polar surface area (TPSA) is 30.5 Å². The van der Waals surface area contributed by atoms with Crippen LogP contribution < -0.4 is 10.1 Å². The van der Waals surface area contributed by atoms with Crippen LogP contribution in [0.5, 0.6) is 5.75 Å². The molecular formula is C15H22ClNO2. The van der Waals surface area contributed by atoms with E-state index >= 15 is 0 Å². The summed E-state index contributed by atoms with van der Waals surface area (Å²) in [5, 5.41) is 3.89. The minimum Gasteiger partial charge on any atom is -0.490 e. The first-order valence-corrected chi connectivity index (χ1v) is 7.23. The molecule has 0 aromatic heterocycles. The average Bonchev–Trinajstić information content (AvgIpc) is 2.42. The highest BCUT2D eigenvalue weighted by Gasteiger charge is 2.23. The first kappa shape index (κ1) is 14.6. The molecule has 106 valence electrons. The van der Waals surface area contributed by atoms with Crippen molar-refractivity contribution in [1.82, 2.24) is 5.32 Å². The number of ether oxygens (including phenoxy) is 2. The van der Waals surface area contributed by atoms with Crippen LogP contribution in [0.4, 0.5) is 0 Å². The first-order valence-electron chi connectivity index (χ1n) is 6.85. The second kappa shape index (κ2) is 7.13. The maximum absolute atomic E-state index is 6.15. The van der Waals surface area contributed by atoms with E-state index < -0.39 is 0 Å². The number of nitrogens with one attached hydrogen (secondary N) is 1. The molecule has 1 N–H and O–H groups in total. The fourth-order valence-electron chi connectivity index (χ4n) is 2.59. The van der Waals surface area contributed by atoms with Crippen molar-refractivity contribution in [3.8, 4) is 5.75 Å². The molecule has 0 aliphatic heterocycles. The molecule has 1 aromatic rings. The van der Waals surface area contributed by atoms with Crippen molar-refractivity contribution in [1.29, 1.82) is 0 Å². The number of hydrogen-bond acceptors (Lipinski definition) is 3. The lowest BCUT2D eigenvalue weighted by Crippen LogP contribution is -2.29. The van der Waals surface area contributed by atoms with E-state index in [-0.39, 0.29) is 6.10 Å². The Hall–Kier alpha value is -0.770. The van der Waals surface area contributed by atoms with E-state index in [1.807, 2.05) is 25.2 Å². The van der Waals surface area contributed by atoms with Gasteiger partial charge >= 0.3 is 0 Å². The Morgan fingerprint density at radius 2 is 2.11 bits per heavy atom. The second-order valence-electron chi connectivity index (χ2n) is 5.05. The molecule has 0 spiro atoms. The molecule has 0 radical (unpaired) electrons. The van der Waals surface area contributed by atoms with Crippen LogP contribution in [0.25, 0.3) is 0 Å². The van der Waals surface area contributed by atoms with E-state index in [4.69, 9.17) is 21.1 Å². The molecule has 1 saturated carbocycles. The summed E-state index contributed by atoms with van der Waals surface area (Å²) >= 11 is 6.04. The van der Waals surface area contributed by atoms with Crippen LogP contribution in [0.1, 0.15) is 31.2 Å². The molecule has 4 heteroatoms. The number of rotatable bonds is 5. The highest BCUT2D eigenvalue weighted by atomic mass is 35.5. The van der Waals surface area contributed by atoms with Gasteiger partial charge < -0.3 is 14.8 Å². The van der Waals surface area contributed by atoms with Gasteiger partial charge in [0.2, 0.25) is 0 Å². The van der Waals surface area contributed by atoms with Gasteiger partial charge in [-0.25, -0.2) is 0 Å². The number of halogens is 1. The third-order valence-corrected chi connectivity index (χ3v) is 3.83. The maximum atomic E-state index is 6.15. The average molecular weight is 284 g/mol. The van der Waals surface area contributed by atoms with Crippen LogP contribution >= 0.6 is 11.6 Å². The zero-order valence-corrected chi connectivity index (χ0v) is 12.4. The summed E-state index contributed by atoms with van der Waals surface area (Å²) in [6, 6.07) is 5.81. The molecule has 0 amide bonds. The molecule has 2 atom stereocenters. The molecule has 0 saturated heterocycles. The van der Waals surface area contributed by atoms with Gasteiger partial charge in [-0.2, -0.15) is 0 Å². The molecular weight excluding hydrogens is 262 g/mol. The lowest BCUT2D eigenvalue weighted by Gasteiger charge is -2.29. The van der Waals surface area contributed by atoms with Crippen molar-refractivity contribution in [2.24, 2.45) is 0 Å². The molecule has 2 unspecified atom stereocenters. The standard InChI is InChI=1S/C15H22ClNO2/c1-17-10-11-8-12(16)6-7-15(11)19-14-5-3-4-13(9-14)18-2/h6-8,13-14,17H,3-5,9-10H2,1-2H3. The summed E-state index contributed by atoms with van der Waals surface area (Å²) in [7, 11) is 3.70. The summed E-state index contributed by atoms with van der Waals surface area (Å²) in [6.07, 6.45) is 4.95. The Labute approximate surface area is 120 Å². The molecule has 3 nitrogen and oxygen atoms in total. The monoisotopic (exact) mass is 283 g/mol. The summed E-state index contributed by atoms with van der Waals surface area (Å²) in [5.41, 5.74) is 1.11. The first-order chi connectivity index (χ1) is 9.22. The molecule has 1 aromatic carbocycles. The fraction of sp³-hybridized carbons (Fsp3) is 0.600.